The summed E-state index contributed by atoms with van der Waals surface area (Å²) in [7, 11) is 1.37. The van der Waals surface area contributed by atoms with Gasteiger partial charge in [-0.3, -0.25) is 0 Å². The van der Waals surface area contributed by atoms with E-state index in [0.717, 1.165) is 23.3 Å². The lowest BCUT2D eigenvalue weighted by Crippen LogP contribution is -2.13. The average Bonchev–Trinajstić information content (AvgIpc) is 3.01. The zero-order valence-corrected chi connectivity index (χ0v) is 17.8. The van der Waals surface area contributed by atoms with Crippen LogP contribution in [0, 0.1) is 0 Å². The highest BCUT2D eigenvalue weighted by molar-refractivity contribution is 6.31. The highest BCUT2D eigenvalue weighted by Crippen LogP contribution is 2.32. The molecule has 5 nitrogen and oxygen atoms in total. The van der Waals surface area contributed by atoms with Crippen LogP contribution < -0.4 is 10.5 Å². The minimum absolute atomic E-state index is 0.320. The summed E-state index contributed by atoms with van der Waals surface area (Å²) in [5, 5.41) is 1.87. The van der Waals surface area contributed by atoms with E-state index in [9.17, 15) is 4.79 Å². The van der Waals surface area contributed by atoms with Gasteiger partial charge in [-0.2, -0.15) is 0 Å². The molecule has 0 saturated heterocycles. The number of halogens is 1. The van der Waals surface area contributed by atoms with Crippen molar-refractivity contribution in [2.75, 3.05) is 20.3 Å². The van der Waals surface area contributed by atoms with E-state index in [2.05, 4.69) is 24.5 Å². The molecular weight excluding hydrogens is 388 g/mol. The quantitative estimate of drug-likeness (QED) is 0.538. The van der Waals surface area contributed by atoms with Crippen molar-refractivity contribution < 1.29 is 14.3 Å². The zero-order valence-electron chi connectivity index (χ0n) is 17.1. The highest BCUT2D eigenvalue weighted by Gasteiger charge is 2.18. The average molecular weight is 415 g/mol. The number of carbonyl (C=O) groups excluding carboxylic acids is 1. The Morgan fingerprint density at radius 1 is 1.14 bits per heavy atom. The second-order valence-electron chi connectivity index (χ2n) is 7.20. The number of nitrogens with zero attached hydrogens (tertiary/aromatic N) is 1. The molecule has 2 aromatic carbocycles. The Morgan fingerprint density at radius 2 is 1.86 bits per heavy atom. The van der Waals surface area contributed by atoms with Gasteiger partial charge in [0.05, 0.1) is 19.3 Å². The predicted molar refractivity (Wildman–Crippen MR) is 117 cm³/mol. The SMILES string of the molecule is COC(=O)c1ccc(OCCc2c(CCN)n(C(C)C)c3ccc(Cl)cc23)cc1. The largest absolute Gasteiger partial charge is 0.493 e. The molecule has 2 N–H and O–H groups in total. The summed E-state index contributed by atoms with van der Waals surface area (Å²) in [4.78, 5) is 11.5. The number of carbonyl (C=O) groups is 1. The molecule has 3 aromatic rings. The summed E-state index contributed by atoms with van der Waals surface area (Å²) in [6, 6.07) is 13.3. The van der Waals surface area contributed by atoms with Crippen LogP contribution >= 0.6 is 11.6 Å². The first-order chi connectivity index (χ1) is 14.0. The van der Waals surface area contributed by atoms with Gasteiger partial charge in [0.15, 0.2) is 0 Å². The van der Waals surface area contributed by atoms with E-state index < -0.39 is 0 Å². The topological polar surface area (TPSA) is 66.5 Å². The summed E-state index contributed by atoms with van der Waals surface area (Å²) in [6.07, 6.45) is 1.54. The zero-order chi connectivity index (χ0) is 21.0. The molecule has 0 atom stereocenters. The van der Waals surface area contributed by atoms with E-state index in [0.29, 0.717) is 30.5 Å². The first kappa shape index (κ1) is 21.2. The van der Waals surface area contributed by atoms with Crippen LogP contribution in [-0.4, -0.2) is 30.8 Å². The number of methoxy groups -OCH3 is 1. The van der Waals surface area contributed by atoms with Crippen LogP contribution in [0.2, 0.25) is 5.02 Å². The number of hydrogen-bond donors (Lipinski definition) is 1. The Hall–Kier alpha value is -2.50. The summed E-state index contributed by atoms with van der Waals surface area (Å²) in [5.41, 5.74) is 10.1. The predicted octanol–water partition coefficient (Wildman–Crippen LogP) is 4.78. The van der Waals surface area contributed by atoms with Gasteiger partial charge in [-0.25, -0.2) is 4.79 Å². The standard InChI is InChI=1S/C23H27ClN2O3/c1-15(2)26-21-9-6-17(24)14-20(21)19(22(26)10-12-25)11-13-29-18-7-4-16(5-8-18)23(27)28-3/h4-9,14-15H,10-13,25H2,1-3H3. The lowest BCUT2D eigenvalue weighted by atomic mass is 10.1. The molecule has 0 unspecified atom stereocenters. The maximum Gasteiger partial charge on any atom is 0.337 e. The normalized spacial score (nSPS) is 11.2. The Bertz CT molecular complexity index is 994. The molecule has 0 spiro atoms. The number of hydrogen-bond acceptors (Lipinski definition) is 4. The molecule has 0 saturated carbocycles. The summed E-state index contributed by atoms with van der Waals surface area (Å²) < 4.78 is 13.0. The fraction of sp³-hybridized carbons (Fsp3) is 0.348. The van der Waals surface area contributed by atoms with Crippen LogP contribution in [0.15, 0.2) is 42.5 Å². The third kappa shape index (κ3) is 4.57. The first-order valence-corrected chi connectivity index (χ1v) is 10.2. The number of fused-ring (bicyclic) bond motifs is 1. The maximum absolute atomic E-state index is 11.5. The van der Waals surface area contributed by atoms with Crippen LogP contribution in [0.5, 0.6) is 5.75 Å². The van der Waals surface area contributed by atoms with Crippen molar-refractivity contribution >= 4 is 28.5 Å². The van der Waals surface area contributed by atoms with Crippen molar-refractivity contribution in [2.24, 2.45) is 5.73 Å². The van der Waals surface area contributed by atoms with Gasteiger partial charge in [0.1, 0.15) is 5.75 Å². The lowest BCUT2D eigenvalue weighted by molar-refractivity contribution is 0.0600. The monoisotopic (exact) mass is 414 g/mol. The van der Waals surface area contributed by atoms with Crippen LogP contribution in [0.4, 0.5) is 0 Å². The van der Waals surface area contributed by atoms with E-state index in [1.54, 1.807) is 24.3 Å². The minimum atomic E-state index is -0.360. The van der Waals surface area contributed by atoms with Gasteiger partial charge < -0.3 is 19.8 Å². The van der Waals surface area contributed by atoms with Crippen LogP contribution in [0.1, 0.15) is 41.5 Å². The van der Waals surface area contributed by atoms with E-state index >= 15 is 0 Å². The van der Waals surface area contributed by atoms with Crippen molar-refractivity contribution in [2.45, 2.75) is 32.7 Å². The Labute approximate surface area is 176 Å². The number of aromatic nitrogens is 1. The van der Waals surface area contributed by atoms with Crippen LogP contribution in [0.25, 0.3) is 10.9 Å². The van der Waals surface area contributed by atoms with Gasteiger partial charge in [-0.15, -0.1) is 0 Å². The van der Waals surface area contributed by atoms with Gasteiger partial charge in [-0.1, -0.05) is 11.6 Å². The number of benzene rings is 2. The Kier molecular flexibility index (Phi) is 6.83. The molecular formula is C23H27ClN2O3. The molecule has 0 aliphatic carbocycles. The molecule has 0 aliphatic rings. The number of rotatable bonds is 8. The first-order valence-electron chi connectivity index (χ1n) is 9.78. The summed E-state index contributed by atoms with van der Waals surface area (Å²) >= 11 is 6.29. The molecule has 29 heavy (non-hydrogen) atoms. The Morgan fingerprint density at radius 3 is 2.48 bits per heavy atom. The molecule has 3 rings (SSSR count). The molecule has 0 radical (unpaired) electrons. The third-order valence-electron chi connectivity index (χ3n) is 4.98. The third-order valence-corrected chi connectivity index (χ3v) is 5.21. The van der Waals surface area contributed by atoms with Gasteiger partial charge in [0, 0.05) is 40.5 Å². The lowest BCUT2D eigenvalue weighted by Gasteiger charge is -2.15. The maximum atomic E-state index is 11.5. The summed E-state index contributed by atoms with van der Waals surface area (Å²) in [5.74, 6) is 0.352. The molecule has 154 valence electrons. The fourth-order valence-corrected chi connectivity index (χ4v) is 3.93. The van der Waals surface area contributed by atoms with E-state index in [-0.39, 0.29) is 5.97 Å². The van der Waals surface area contributed by atoms with Crippen molar-refractivity contribution in [3.05, 3.63) is 64.3 Å². The fourth-order valence-electron chi connectivity index (χ4n) is 3.76. The molecule has 1 aromatic heterocycles. The van der Waals surface area contributed by atoms with Gasteiger partial charge in [-0.05, 0) is 68.4 Å². The van der Waals surface area contributed by atoms with Crippen molar-refractivity contribution in [3.8, 4) is 5.75 Å². The second-order valence-corrected chi connectivity index (χ2v) is 7.64. The van der Waals surface area contributed by atoms with Crippen LogP contribution in [-0.2, 0) is 17.6 Å². The van der Waals surface area contributed by atoms with Crippen molar-refractivity contribution in [1.29, 1.82) is 0 Å². The molecule has 0 amide bonds. The molecule has 6 heteroatoms. The smallest absolute Gasteiger partial charge is 0.337 e. The number of esters is 1. The molecule has 0 aliphatic heterocycles. The molecule has 0 fully saturated rings. The van der Waals surface area contributed by atoms with E-state index in [1.165, 1.54) is 23.9 Å². The Balaban J connectivity index is 1.84. The summed E-state index contributed by atoms with van der Waals surface area (Å²) in [6.45, 7) is 5.45. The second kappa shape index (κ2) is 9.33. The van der Waals surface area contributed by atoms with E-state index in [4.69, 9.17) is 26.8 Å². The van der Waals surface area contributed by atoms with E-state index in [1.807, 2.05) is 12.1 Å². The number of ether oxygens (including phenoxy) is 2. The number of nitrogens with two attached hydrogens (primary N) is 1. The van der Waals surface area contributed by atoms with Crippen molar-refractivity contribution in [3.63, 3.8) is 0 Å². The minimum Gasteiger partial charge on any atom is -0.493 e. The van der Waals surface area contributed by atoms with Gasteiger partial charge in [0.2, 0.25) is 0 Å². The van der Waals surface area contributed by atoms with Gasteiger partial charge >= 0.3 is 5.97 Å². The van der Waals surface area contributed by atoms with Crippen molar-refractivity contribution in [1.82, 2.24) is 4.57 Å². The molecule has 1 heterocycles. The van der Waals surface area contributed by atoms with Gasteiger partial charge in [0.25, 0.3) is 0 Å². The molecule has 0 bridgehead atoms. The highest BCUT2D eigenvalue weighted by atomic mass is 35.5. The van der Waals surface area contributed by atoms with Crippen LogP contribution in [0.3, 0.4) is 0 Å².